The average Bonchev–Trinajstić information content (AvgIpc) is 2.93. The third kappa shape index (κ3) is 4.46. The summed E-state index contributed by atoms with van der Waals surface area (Å²) in [4.78, 5) is 14.7. The van der Waals surface area contributed by atoms with Crippen molar-refractivity contribution in [1.82, 2.24) is 4.98 Å². The molecule has 0 radical (unpaired) electrons. The second kappa shape index (κ2) is 7.81. The van der Waals surface area contributed by atoms with Gasteiger partial charge in [-0.2, -0.15) is 0 Å². The topological polar surface area (TPSA) is 87.0 Å². The summed E-state index contributed by atoms with van der Waals surface area (Å²) in [5.41, 5.74) is 1.75. The lowest BCUT2D eigenvalue weighted by atomic mass is 9.87. The van der Waals surface area contributed by atoms with E-state index in [9.17, 15) is 9.90 Å². The Balaban J connectivity index is 1.69. The third-order valence-corrected chi connectivity index (χ3v) is 4.64. The predicted molar refractivity (Wildman–Crippen MR) is 110 cm³/mol. The molecule has 0 aliphatic heterocycles. The highest BCUT2D eigenvalue weighted by Crippen LogP contribution is 2.40. The Labute approximate surface area is 172 Å². The Bertz CT molecular complexity index is 1050. The molecule has 2 aromatic carbocycles. The first-order chi connectivity index (χ1) is 13.1. The molecule has 8 heteroatoms. The van der Waals surface area contributed by atoms with Gasteiger partial charge in [-0.3, -0.25) is 4.79 Å². The SMILES string of the molecule is CC(C)(C)c1ccc(OCC(=O)N=Nc2c(O)[nH]c3c(Cl)cc(Cl)cc23)cc1. The summed E-state index contributed by atoms with van der Waals surface area (Å²) in [6.07, 6.45) is 0. The molecule has 1 aromatic heterocycles. The summed E-state index contributed by atoms with van der Waals surface area (Å²) in [5, 5.41) is 18.6. The fraction of sp³-hybridized carbons (Fsp3) is 0.250. The number of nitrogens with zero attached hydrogens (tertiary/aromatic N) is 2. The first kappa shape index (κ1) is 20.2. The Morgan fingerprint density at radius 3 is 2.50 bits per heavy atom. The van der Waals surface area contributed by atoms with Gasteiger partial charge in [-0.15, -0.1) is 10.2 Å². The maximum Gasteiger partial charge on any atom is 0.302 e. The Morgan fingerprint density at radius 2 is 1.86 bits per heavy atom. The molecule has 28 heavy (non-hydrogen) atoms. The Kier molecular flexibility index (Phi) is 5.63. The molecule has 1 amide bonds. The number of aromatic nitrogens is 1. The number of amides is 1. The van der Waals surface area contributed by atoms with Crippen LogP contribution in [0.4, 0.5) is 5.69 Å². The highest BCUT2D eigenvalue weighted by molar-refractivity contribution is 6.38. The van der Waals surface area contributed by atoms with Gasteiger partial charge in [0.15, 0.2) is 12.3 Å². The second-order valence-electron chi connectivity index (χ2n) is 7.29. The molecule has 146 valence electrons. The third-order valence-electron chi connectivity index (χ3n) is 4.12. The highest BCUT2D eigenvalue weighted by atomic mass is 35.5. The van der Waals surface area contributed by atoms with Gasteiger partial charge in [-0.1, -0.05) is 56.1 Å². The van der Waals surface area contributed by atoms with Crippen molar-refractivity contribution in [3.05, 3.63) is 52.0 Å². The van der Waals surface area contributed by atoms with Crippen LogP contribution in [0.15, 0.2) is 46.6 Å². The maximum atomic E-state index is 12.0. The molecule has 0 aliphatic rings. The van der Waals surface area contributed by atoms with E-state index in [1.165, 1.54) is 6.07 Å². The highest BCUT2D eigenvalue weighted by Gasteiger charge is 2.15. The summed E-state index contributed by atoms with van der Waals surface area (Å²) < 4.78 is 5.45. The number of halogens is 2. The summed E-state index contributed by atoms with van der Waals surface area (Å²) in [7, 11) is 0. The molecule has 0 saturated carbocycles. The number of nitrogens with one attached hydrogen (secondary N) is 1. The smallest absolute Gasteiger partial charge is 0.302 e. The van der Waals surface area contributed by atoms with E-state index in [4.69, 9.17) is 27.9 Å². The van der Waals surface area contributed by atoms with Crippen molar-refractivity contribution >= 4 is 45.7 Å². The van der Waals surface area contributed by atoms with E-state index < -0.39 is 5.91 Å². The number of rotatable bonds is 4. The largest absolute Gasteiger partial charge is 0.493 e. The summed E-state index contributed by atoms with van der Waals surface area (Å²) in [6.45, 7) is 6.08. The van der Waals surface area contributed by atoms with Crippen LogP contribution in [0.1, 0.15) is 26.3 Å². The van der Waals surface area contributed by atoms with Crippen molar-refractivity contribution in [2.75, 3.05) is 6.61 Å². The molecule has 0 saturated heterocycles. The summed E-state index contributed by atoms with van der Waals surface area (Å²) in [6, 6.07) is 10.6. The average molecular weight is 420 g/mol. The molecule has 0 spiro atoms. The van der Waals surface area contributed by atoms with E-state index in [0.717, 1.165) is 5.56 Å². The van der Waals surface area contributed by atoms with Crippen molar-refractivity contribution in [2.24, 2.45) is 10.2 Å². The number of ether oxygens (including phenoxy) is 1. The predicted octanol–water partition coefficient (Wildman–Crippen LogP) is 6.17. The number of hydrogen-bond acceptors (Lipinski definition) is 4. The number of H-pyrrole nitrogens is 1. The first-order valence-corrected chi connectivity index (χ1v) is 9.28. The zero-order valence-corrected chi connectivity index (χ0v) is 17.1. The minimum Gasteiger partial charge on any atom is -0.493 e. The molecular weight excluding hydrogens is 401 g/mol. The van der Waals surface area contributed by atoms with Crippen molar-refractivity contribution in [3.63, 3.8) is 0 Å². The van der Waals surface area contributed by atoms with E-state index in [0.29, 0.717) is 26.7 Å². The lowest BCUT2D eigenvalue weighted by Gasteiger charge is -2.19. The molecule has 6 nitrogen and oxygen atoms in total. The molecule has 3 aromatic rings. The fourth-order valence-corrected chi connectivity index (χ4v) is 3.17. The van der Waals surface area contributed by atoms with Gasteiger partial charge in [0.1, 0.15) is 5.75 Å². The molecule has 0 bridgehead atoms. The van der Waals surface area contributed by atoms with Crippen molar-refractivity contribution in [1.29, 1.82) is 0 Å². The van der Waals surface area contributed by atoms with Crippen LogP contribution in [0.25, 0.3) is 10.9 Å². The lowest BCUT2D eigenvalue weighted by molar-refractivity contribution is -0.120. The van der Waals surface area contributed by atoms with Crippen LogP contribution in [0.2, 0.25) is 10.0 Å². The molecular formula is C20H19Cl2N3O3. The minimum atomic E-state index is -0.596. The van der Waals surface area contributed by atoms with Crippen LogP contribution in [-0.2, 0) is 10.2 Å². The van der Waals surface area contributed by atoms with Gasteiger partial charge in [-0.05, 0) is 35.2 Å². The number of hydrogen-bond donors (Lipinski definition) is 2. The van der Waals surface area contributed by atoms with Gasteiger partial charge in [0.2, 0.25) is 5.88 Å². The van der Waals surface area contributed by atoms with Crippen molar-refractivity contribution in [3.8, 4) is 11.6 Å². The fourth-order valence-electron chi connectivity index (χ4n) is 2.62. The Hall–Kier alpha value is -2.57. The van der Waals surface area contributed by atoms with Gasteiger partial charge >= 0.3 is 5.91 Å². The molecule has 2 N–H and O–H groups in total. The molecule has 3 rings (SSSR count). The molecule has 0 unspecified atom stereocenters. The van der Waals surface area contributed by atoms with E-state index >= 15 is 0 Å². The normalized spacial score (nSPS) is 12.0. The maximum absolute atomic E-state index is 12.0. The van der Waals surface area contributed by atoms with Gasteiger partial charge in [0, 0.05) is 10.4 Å². The number of aromatic hydroxyl groups is 1. The Morgan fingerprint density at radius 1 is 1.18 bits per heavy atom. The van der Waals surface area contributed by atoms with Crippen LogP contribution in [0, 0.1) is 0 Å². The summed E-state index contributed by atoms with van der Waals surface area (Å²) in [5.74, 6) is -0.291. The van der Waals surface area contributed by atoms with Gasteiger partial charge in [0.25, 0.3) is 0 Å². The van der Waals surface area contributed by atoms with E-state index in [-0.39, 0.29) is 23.6 Å². The standard InChI is InChI=1S/C20H19Cl2N3O3/c1-20(2,3)11-4-6-13(7-5-11)28-10-16(26)24-25-18-14-8-12(21)9-15(22)17(14)23-19(18)27/h4-9,23,27H,10H2,1-3H3. The number of aromatic amines is 1. The number of benzene rings is 2. The molecule has 0 fully saturated rings. The van der Waals surface area contributed by atoms with Crippen LogP contribution in [-0.4, -0.2) is 22.6 Å². The van der Waals surface area contributed by atoms with Crippen molar-refractivity contribution < 1.29 is 14.6 Å². The molecule has 1 heterocycles. The number of carbonyl (C=O) groups excluding carboxylic acids is 1. The zero-order chi connectivity index (χ0) is 20.5. The van der Waals surface area contributed by atoms with E-state index in [1.807, 2.05) is 12.1 Å². The van der Waals surface area contributed by atoms with E-state index in [2.05, 4.69) is 36.0 Å². The van der Waals surface area contributed by atoms with Crippen LogP contribution in [0.3, 0.4) is 0 Å². The van der Waals surface area contributed by atoms with Gasteiger partial charge < -0.3 is 14.8 Å². The number of carbonyl (C=O) groups is 1. The van der Waals surface area contributed by atoms with E-state index in [1.54, 1.807) is 18.2 Å². The first-order valence-electron chi connectivity index (χ1n) is 8.53. The molecule has 0 aliphatic carbocycles. The second-order valence-corrected chi connectivity index (χ2v) is 8.13. The number of fused-ring (bicyclic) bond motifs is 1. The van der Waals surface area contributed by atoms with Gasteiger partial charge in [-0.25, -0.2) is 0 Å². The van der Waals surface area contributed by atoms with Crippen LogP contribution >= 0.6 is 23.2 Å². The summed E-state index contributed by atoms with van der Waals surface area (Å²) >= 11 is 12.1. The van der Waals surface area contributed by atoms with Crippen LogP contribution in [0.5, 0.6) is 11.6 Å². The quantitative estimate of drug-likeness (QED) is 0.495. The van der Waals surface area contributed by atoms with Crippen LogP contribution < -0.4 is 4.74 Å². The van der Waals surface area contributed by atoms with Crippen molar-refractivity contribution in [2.45, 2.75) is 26.2 Å². The lowest BCUT2D eigenvalue weighted by Crippen LogP contribution is -2.11. The monoisotopic (exact) mass is 419 g/mol. The number of azo groups is 1. The van der Waals surface area contributed by atoms with Gasteiger partial charge in [0.05, 0.1) is 10.5 Å². The molecule has 0 atom stereocenters. The zero-order valence-electron chi connectivity index (χ0n) is 15.6. The minimum absolute atomic E-state index is 0.0374.